The van der Waals surface area contributed by atoms with E-state index in [0.717, 1.165) is 36.0 Å². The van der Waals surface area contributed by atoms with E-state index in [1.165, 1.54) is 5.56 Å². The van der Waals surface area contributed by atoms with Crippen molar-refractivity contribution in [3.8, 4) is 0 Å². The van der Waals surface area contributed by atoms with Gasteiger partial charge in [-0.1, -0.05) is 17.3 Å². The third-order valence-electron chi connectivity index (χ3n) is 3.24. The molecule has 5 heteroatoms. The second-order valence-electron chi connectivity index (χ2n) is 4.83. The van der Waals surface area contributed by atoms with Gasteiger partial charge in [-0.2, -0.15) is 0 Å². The van der Waals surface area contributed by atoms with E-state index in [2.05, 4.69) is 33.5 Å². The fourth-order valence-electron chi connectivity index (χ4n) is 2.22. The third-order valence-corrected chi connectivity index (χ3v) is 3.24. The summed E-state index contributed by atoms with van der Waals surface area (Å²) in [5, 5.41) is 9.46. The molecule has 0 amide bonds. The molecule has 5 nitrogen and oxygen atoms in total. The van der Waals surface area contributed by atoms with Crippen molar-refractivity contribution in [1.29, 1.82) is 0 Å². The van der Waals surface area contributed by atoms with Gasteiger partial charge >= 0.3 is 0 Å². The molecule has 3 aromatic rings. The first-order valence-electron chi connectivity index (χ1n) is 6.78. The highest BCUT2D eigenvalue weighted by molar-refractivity contribution is 5.78. The van der Waals surface area contributed by atoms with Gasteiger partial charge in [-0.3, -0.25) is 4.98 Å². The van der Waals surface area contributed by atoms with Gasteiger partial charge in [0.1, 0.15) is 0 Å². The van der Waals surface area contributed by atoms with E-state index in [0.29, 0.717) is 6.54 Å². The van der Waals surface area contributed by atoms with Crippen LogP contribution in [0.25, 0.3) is 10.9 Å². The first kappa shape index (κ1) is 12.7. The Morgan fingerprint density at radius 1 is 1.20 bits per heavy atom. The normalized spacial score (nSPS) is 11.1. The van der Waals surface area contributed by atoms with Gasteiger partial charge in [0.2, 0.25) is 0 Å². The lowest BCUT2D eigenvalue weighted by Gasteiger charge is -2.03. The minimum absolute atomic E-state index is 0.685. The second-order valence-corrected chi connectivity index (χ2v) is 4.83. The molecule has 2 N–H and O–H groups in total. The average Bonchev–Trinajstić information content (AvgIpc) is 2.92. The van der Waals surface area contributed by atoms with E-state index in [4.69, 9.17) is 5.73 Å². The Kier molecular flexibility index (Phi) is 3.69. The highest BCUT2D eigenvalue weighted by atomic mass is 15.4. The van der Waals surface area contributed by atoms with Crippen LogP contribution in [0, 0.1) is 0 Å². The molecule has 0 spiro atoms. The summed E-state index contributed by atoms with van der Waals surface area (Å²) in [5.41, 5.74) is 8.70. The molecular formula is C15H17N5. The summed E-state index contributed by atoms with van der Waals surface area (Å²) in [6.07, 6.45) is 5.63. The lowest BCUT2D eigenvalue weighted by molar-refractivity contribution is 0.649. The number of nitrogens with zero attached hydrogens (tertiary/aromatic N) is 4. The average molecular weight is 267 g/mol. The topological polar surface area (TPSA) is 69.6 Å². The Bertz CT molecular complexity index is 704. The molecule has 0 fully saturated rings. The van der Waals surface area contributed by atoms with Crippen LogP contribution in [-0.2, 0) is 13.0 Å². The monoisotopic (exact) mass is 267 g/mol. The number of fused-ring (bicyclic) bond motifs is 1. The van der Waals surface area contributed by atoms with Gasteiger partial charge in [-0.25, -0.2) is 4.68 Å². The number of aromatic nitrogens is 4. The summed E-state index contributed by atoms with van der Waals surface area (Å²) in [6.45, 7) is 1.41. The number of hydrogen-bond acceptors (Lipinski definition) is 4. The summed E-state index contributed by atoms with van der Waals surface area (Å²) >= 11 is 0. The molecule has 0 radical (unpaired) electrons. The number of nitrogens with two attached hydrogens (primary N) is 1. The van der Waals surface area contributed by atoms with Crippen LogP contribution in [0.5, 0.6) is 0 Å². The van der Waals surface area contributed by atoms with Crippen molar-refractivity contribution in [2.75, 3.05) is 6.54 Å². The van der Waals surface area contributed by atoms with Crippen LogP contribution in [0.4, 0.5) is 0 Å². The number of aryl methyl sites for hydroxylation is 1. The van der Waals surface area contributed by atoms with Gasteiger partial charge in [0.05, 0.1) is 17.8 Å². The Balaban J connectivity index is 1.76. The predicted octanol–water partition coefficient (Wildman–Crippen LogP) is 1.77. The van der Waals surface area contributed by atoms with Crippen molar-refractivity contribution < 1.29 is 0 Å². The van der Waals surface area contributed by atoms with Gasteiger partial charge in [0.25, 0.3) is 0 Å². The molecule has 0 saturated carbocycles. The molecule has 0 unspecified atom stereocenters. The van der Waals surface area contributed by atoms with Gasteiger partial charge in [0.15, 0.2) is 0 Å². The molecule has 0 aliphatic heterocycles. The van der Waals surface area contributed by atoms with Crippen molar-refractivity contribution in [3.63, 3.8) is 0 Å². The van der Waals surface area contributed by atoms with Gasteiger partial charge in [-0.15, -0.1) is 5.10 Å². The zero-order valence-electron chi connectivity index (χ0n) is 11.2. The molecule has 0 saturated heterocycles. The van der Waals surface area contributed by atoms with Crippen LogP contribution >= 0.6 is 0 Å². The van der Waals surface area contributed by atoms with Gasteiger partial charge in [-0.05, 0) is 43.1 Å². The molecule has 3 rings (SSSR count). The zero-order chi connectivity index (χ0) is 13.8. The van der Waals surface area contributed by atoms with Crippen molar-refractivity contribution in [2.45, 2.75) is 19.4 Å². The lowest BCUT2D eigenvalue weighted by atomic mass is 10.1. The minimum Gasteiger partial charge on any atom is -0.330 e. The Hall–Kier alpha value is -2.27. The molecule has 0 aliphatic carbocycles. The van der Waals surface area contributed by atoms with Crippen LogP contribution in [-0.4, -0.2) is 26.5 Å². The van der Waals surface area contributed by atoms with Crippen LogP contribution < -0.4 is 5.73 Å². The predicted molar refractivity (Wildman–Crippen MR) is 78.2 cm³/mol. The number of rotatable bonds is 5. The highest BCUT2D eigenvalue weighted by Gasteiger charge is 2.02. The molecule has 2 heterocycles. The SMILES string of the molecule is NCCCc1cn(Cc2ccc3ncccc3c2)nn1. The van der Waals surface area contributed by atoms with Gasteiger partial charge < -0.3 is 5.73 Å². The van der Waals surface area contributed by atoms with E-state index in [1.54, 1.807) is 0 Å². The van der Waals surface area contributed by atoms with E-state index >= 15 is 0 Å². The fraction of sp³-hybridized carbons (Fsp3) is 0.267. The smallest absolute Gasteiger partial charge is 0.0827 e. The maximum absolute atomic E-state index is 5.50. The van der Waals surface area contributed by atoms with Crippen molar-refractivity contribution in [2.24, 2.45) is 5.73 Å². The molecule has 0 atom stereocenters. The lowest BCUT2D eigenvalue weighted by Crippen LogP contribution is -2.01. The Morgan fingerprint density at radius 3 is 3.05 bits per heavy atom. The summed E-state index contributed by atoms with van der Waals surface area (Å²) in [6, 6.07) is 10.3. The number of hydrogen-bond donors (Lipinski definition) is 1. The molecule has 0 bridgehead atoms. The largest absolute Gasteiger partial charge is 0.330 e. The van der Waals surface area contributed by atoms with E-state index in [1.807, 2.05) is 29.2 Å². The van der Waals surface area contributed by atoms with E-state index in [-0.39, 0.29) is 0 Å². The van der Waals surface area contributed by atoms with Crippen molar-refractivity contribution in [3.05, 3.63) is 54.0 Å². The standard InChI is InChI=1S/C15H17N5/c16-7-1-4-14-11-20(19-18-14)10-12-5-6-15-13(9-12)3-2-8-17-15/h2-3,5-6,8-9,11H,1,4,7,10,16H2. The van der Waals surface area contributed by atoms with E-state index < -0.39 is 0 Å². The summed E-state index contributed by atoms with van der Waals surface area (Å²) < 4.78 is 1.86. The molecular weight excluding hydrogens is 250 g/mol. The number of pyridine rings is 1. The first-order chi connectivity index (χ1) is 9.85. The van der Waals surface area contributed by atoms with Gasteiger partial charge in [0, 0.05) is 17.8 Å². The quantitative estimate of drug-likeness (QED) is 0.765. The maximum Gasteiger partial charge on any atom is 0.0827 e. The molecule has 102 valence electrons. The summed E-state index contributed by atoms with van der Waals surface area (Å²) in [7, 11) is 0. The van der Waals surface area contributed by atoms with Crippen molar-refractivity contribution in [1.82, 2.24) is 20.0 Å². The first-order valence-corrected chi connectivity index (χ1v) is 6.78. The summed E-state index contributed by atoms with van der Waals surface area (Å²) in [4.78, 5) is 4.32. The molecule has 0 aliphatic rings. The zero-order valence-corrected chi connectivity index (χ0v) is 11.2. The second kappa shape index (κ2) is 5.79. The van der Waals surface area contributed by atoms with Crippen LogP contribution in [0.2, 0.25) is 0 Å². The molecule has 20 heavy (non-hydrogen) atoms. The van der Waals surface area contributed by atoms with E-state index in [9.17, 15) is 0 Å². The van der Waals surface area contributed by atoms with Crippen molar-refractivity contribution >= 4 is 10.9 Å². The molecule has 2 aromatic heterocycles. The maximum atomic E-state index is 5.50. The van der Waals surface area contributed by atoms with Crippen LogP contribution in [0.15, 0.2) is 42.7 Å². The fourth-order valence-corrected chi connectivity index (χ4v) is 2.22. The highest BCUT2D eigenvalue weighted by Crippen LogP contribution is 2.14. The Morgan fingerprint density at radius 2 is 2.15 bits per heavy atom. The third kappa shape index (κ3) is 2.83. The van der Waals surface area contributed by atoms with Crippen LogP contribution in [0.3, 0.4) is 0 Å². The molecule has 1 aromatic carbocycles. The minimum atomic E-state index is 0.685. The van der Waals surface area contributed by atoms with Crippen LogP contribution in [0.1, 0.15) is 17.7 Å². The number of benzene rings is 1. The summed E-state index contributed by atoms with van der Waals surface area (Å²) in [5.74, 6) is 0. The Labute approximate surface area is 117 Å².